The van der Waals surface area contributed by atoms with Crippen LogP contribution >= 0.6 is 0 Å². The molecule has 0 unspecified atom stereocenters. The Morgan fingerprint density at radius 2 is 1.38 bits per heavy atom. The molecule has 7 heteroatoms. The molecule has 3 aromatic rings. The van der Waals surface area contributed by atoms with Crippen molar-refractivity contribution in [3.05, 3.63) is 72.2 Å². The Labute approximate surface area is 169 Å². The number of amides is 2. The fourth-order valence-electron chi connectivity index (χ4n) is 2.64. The zero-order chi connectivity index (χ0) is 20.8. The summed E-state index contributed by atoms with van der Waals surface area (Å²) < 4.78 is 0. The molecule has 0 atom stereocenters. The number of rotatable bonds is 6. The molecular weight excluding hydrogens is 366 g/mol. The van der Waals surface area contributed by atoms with Crippen molar-refractivity contribution in [1.82, 2.24) is 9.97 Å². The Morgan fingerprint density at radius 3 is 1.93 bits per heavy atom. The maximum absolute atomic E-state index is 12.4. The molecule has 0 fully saturated rings. The molecular formula is C22H23N5O2. The Hall–Kier alpha value is -3.74. The zero-order valence-corrected chi connectivity index (χ0v) is 16.6. The number of nitrogens with zero attached hydrogens (tertiary/aromatic N) is 2. The topological polar surface area (TPSA) is 96.0 Å². The molecule has 0 bridgehead atoms. The monoisotopic (exact) mass is 389 g/mol. The molecule has 1 aromatic heterocycles. The lowest BCUT2D eigenvalue weighted by molar-refractivity contribution is -0.114. The van der Waals surface area contributed by atoms with Gasteiger partial charge < -0.3 is 16.0 Å². The third-order valence-corrected chi connectivity index (χ3v) is 4.20. The van der Waals surface area contributed by atoms with Crippen molar-refractivity contribution >= 4 is 34.7 Å². The Kier molecular flexibility index (Phi) is 6.19. The van der Waals surface area contributed by atoms with Crippen molar-refractivity contribution in [2.24, 2.45) is 0 Å². The van der Waals surface area contributed by atoms with Gasteiger partial charge in [0.2, 0.25) is 5.91 Å². The van der Waals surface area contributed by atoms with E-state index >= 15 is 0 Å². The van der Waals surface area contributed by atoms with E-state index in [9.17, 15) is 9.59 Å². The van der Waals surface area contributed by atoms with Gasteiger partial charge in [0, 0.05) is 24.0 Å². The number of aromatic nitrogens is 2. The molecule has 0 aliphatic carbocycles. The lowest BCUT2D eigenvalue weighted by Gasteiger charge is -2.09. The van der Waals surface area contributed by atoms with Crippen LogP contribution in [-0.4, -0.2) is 21.8 Å². The molecule has 0 spiro atoms. The third-order valence-electron chi connectivity index (χ3n) is 4.20. The number of hydrogen-bond donors (Lipinski definition) is 3. The second-order valence-electron chi connectivity index (χ2n) is 6.90. The van der Waals surface area contributed by atoms with E-state index in [4.69, 9.17) is 0 Å². The minimum atomic E-state index is -0.319. The van der Waals surface area contributed by atoms with Crippen LogP contribution < -0.4 is 16.0 Å². The van der Waals surface area contributed by atoms with E-state index in [2.05, 4.69) is 39.8 Å². The molecule has 1 heterocycles. The van der Waals surface area contributed by atoms with Crippen LogP contribution in [0.25, 0.3) is 0 Å². The average molecular weight is 389 g/mol. The lowest BCUT2D eigenvalue weighted by atomic mass is 10.0. The summed E-state index contributed by atoms with van der Waals surface area (Å²) in [7, 11) is 0. The van der Waals surface area contributed by atoms with Crippen molar-refractivity contribution in [2.75, 3.05) is 16.0 Å². The number of carbonyl (C=O) groups excluding carboxylic acids is 2. The highest BCUT2D eigenvalue weighted by atomic mass is 16.2. The largest absolute Gasteiger partial charge is 0.339 e. The first kappa shape index (κ1) is 20.0. The molecule has 0 aliphatic rings. The van der Waals surface area contributed by atoms with Crippen molar-refractivity contribution in [2.45, 2.75) is 26.7 Å². The van der Waals surface area contributed by atoms with Crippen molar-refractivity contribution in [3.8, 4) is 0 Å². The third kappa shape index (κ3) is 5.62. The van der Waals surface area contributed by atoms with Crippen LogP contribution in [0, 0.1) is 0 Å². The van der Waals surface area contributed by atoms with Gasteiger partial charge in [-0.05, 0) is 47.9 Å². The first-order valence-electron chi connectivity index (χ1n) is 9.29. The average Bonchev–Trinajstić information content (AvgIpc) is 2.70. The number of benzene rings is 2. The molecule has 2 aromatic carbocycles. The Balaban J connectivity index is 1.60. The molecule has 0 saturated heterocycles. The highest BCUT2D eigenvalue weighted by Crippen LogP contribution is 2.19. The van der Waals surface area contributed by atoms with Gasteiger partial charge in [-0.2, -0.15) is 0 Å². The highest BCUT2D eigenvalue weighted by molar-refractivity contribution is 6.02. The SMILES string of the molecule is CC(=O)Nc1ccc(Nc2cnc(C(=O)Nc3ccc(C(C)C)cc3)cn2)cc1. The summed E-state index contributed by atoms with van der Waals surface area (Å²) in [5.41, 5.74) is 3.65. The standard InChI is InChI=1S/C22H23N5O2/c1-14(2)16-4-6-19(7-5-16)27-22(29)20-12-24-21(13-23-20)26-18-10-8-17(9-11-18)25-15(3)28/h4-14H,1-3H3,(H,24,26)(H,25,28)(H,27,29). The molecule has 7 nitrogen and oxygen atoms in total. The maximum atomic E-state index is 12.4. The minimum absolute atomic E-state index is 0.124. The quantitative estimate of drug-likeness (QED) is 0.575. The summed E-state index contributed by atoms with van der Waals surface area (Å²) in [6.07, 6.45) is 2.92. The Bertz CT molecular complexity index is 981. The first-order valence-corrected chi connectivity index (χ1v) is 9.29. The summed E-state index contributed by atoms with van der Waals surface area (Å²) in [5, 5.41) is 8.62. The smallest absolute Gasteiger partial charge is 0.275 e. The van der Waals surface area contributed by atoms with E-state index in [1.165, 1.54) is 24.9 Å². The van der Waals surface area contributed by atoms with Crippen LogP contribution in [0.5, 0.6) is 0 Å². The van der Waals surface area contributed by atoms with E-state index in [0.29, 0.717) is 23.1 Å². The van der Waals surface area contributed by atoms with Gasteiger partial charge in [-0.25, -0.2) is 9.97 Å². The Morgan fingerprint density at radius 1 is 0.793 bits per heavy atom. The second kappa shape index (κ2) is 8.97. The predicted octanol–water partition coefficient (Wildman–Crippen LogP) is 4.55. The summed E-state index contributed by atoms with van der Waals surface area (Å²) in [6.45, 7) is 5.70. The van der Waals surface area contributed by atoms with Crippen LogP contribution in [0.1, 0.15) is 42.7 Å². The number of nitrogens with one attached hydrogen (secondary N) is 3. The molecule has 0 saturated carbocycles. The number of carbonyl (C=O) groups is 2. The van der Waals surface area contributed by atoms with Crippen LogP contribution in [0.3, 0.4) is 0 Å². The van der Waals surface area contributed by atoms with Crippen molar-refractivity contribution in [3.63, 3.8) is 0 Å². The van der Waals surface area contributed by atoms with Gasteiger partial charge in [0.15, 0.2) is 0 Å². The van der Waals surface area contributed by atoms with Gasteiger partial charge in [0.05, 0.1) is 12.4 Å². The predicted molar refractivity (Wildman–Crippen MR) is 115 cm³/mol. The maximum Gasteiger partial charge on any atom is 0.275 e. The van der Waals surface area contributed by atoms with Crippen molar-refractivity contribution in [1.29, 1.82) is 0 Å². The van der Waals surface area contributed by atoms with Gasteiger partial charge in [0.25, 0.3) is 5.91 Å². The molecule has 3 rings (SSSR count). The summed E-state index contributed by atoms with van der Waals surface area (Å²) >= 11 is 0. The minimum Gasteiger partial charge on any atom is -0.339 e. The summed E-state index contributed by atoms with van der Waals surface area (Å²) in [5.74, 6) is 0.504. The molecule has 0 aliphatic heterocycles. The fraction of sp³-hybridized carbons (Fsp3) is 0.182. The van der Waals surface area contributed by atoms with Gasteiger partial charge >= 0.3 is 0 Å². The van der Waals surface area contributed by atoms with E-state index in [1.54, 1.807) is 12.1 Å². The van der Waals surface area contributed by atoms with E-state index in [1.807, 2.05) is 36.4 Å². The van der Waals surface area contributed by atoms with Gasteiger partial charge in [-0.3, -0.25) is 9.59 Å². The van der Waals surface area contributed by atoms with E-state index in [0.717, 1.165) is 5.69 Å². The second-order valence-corrected chi connectivity index (χ2v) is 6.90. The van der Waals surface area contributed by atoms with Crippen molar-refractivity contribution < 1.29 is 9.59 Å². The van der Waals surface area contributed by atoms with E-state index in [-0.39, 0.29) is 17.5 Å². The first-order chi connectivity index (χ1) is 13.9. The normalized spacial score (nSPS) is 10.5. The van der Waals surface area contributed by atoms with E-state index < -0.39 is 0 Å². The van der Waals surface area contributed by atoms with Gasteiger partial charge in [-0.1, -0.05) is 26.0 Å². The van der Waals surface area contributed by atoms with Crippen LogP contribution in [0.2, 0.25) is 0 Å². The molecule has 0 radical (unpaired) electrons. The fourth-order valence-corrected chi connectivity index (χ4v) is 2.64. The zero-order valence-electron chi connectivity index (χ0n) is 16.6. The number of hydrogen-bond acceptors (Lipinski definition) is 5. The van der Waals surface area contributed by atoms with Gasteiger partial charge in [-0.15, -0.1) is 0 Å². The molecule has 148 valence electrons. The molecule has 29 heavy (non-hydrogen) atoms. The summed E-state index contributed by atoms with van der Waals surface area (Å²) in [6, 6.07) is 14.9. The van der Waals surface area contributed by atoms with Crippen LogP contribution in [0.4, 0.5) is 22.9 Å². The number of anilines is 4. The van der Waals surface area contributed by atoms with Crippen LogP contribution in [-0.2, 0) is 4.79 Å². The lowest BCUT2D eigenvalue weighted by Crippen LogP contribution is -2.14. The van der Waals surface area contributed by atoms with Crippen LogP contribution in [0.15, 0.2) is 60.9 Å². The molecule has 3 N–H and O–H groups in total. The molecule has 2 amide bonds. The van der Waals surface area contributed by atoms with Gasteiger partial charge in [0.1, 0.15) is 11.5 Å². The highest BCUT2D eigenvalue weighted by Gasteiger charge is 2.09. The summed E-state index contributed by atoms with van der Waals surface area (Å²) in [4.78, 5) is 31.8.